The van der Waals surface area contributed by atoms with Gasteiger partial charge in [-0.1, -0.05) is 61.5 Å². The number of rotatable bonds is 7. The number of aromatic nitrogens is 4. The van der Waals surface area contributed by atoms with Crippen molar-refractivity contribution in [2.24, 2.45) is 0 Å². The second-order valence-corrected chi connectivity index (χ2v) is 6.13. The minimum atomic E-state index is -0.683. The van der Waals surface area contributed by atoms with Crippen molar-refractivity contribution >= 4 is 23.5 Å². The largest absolute Gasteiger partial charge is 0.453 e. The third-order valence-electron chi connectivity index (χ3n) is 4.18. The van der Waals surface area contributed by atoms with Gasteiger partial charge < -0.3 is 4.74 Å². The van der Waals surface area contributed by atoms with E-state index in [9.17, 15) is 9.59 Å². The van der Waals surface area contributed by atoms with Crippen LogP contribution in [0.15, 0.2) is 54.6 Å². The van der Waals surface area contributed by atoms with Crippen LogP contribution in [-0.4, -0.2) is 38.6 Å². The molecule has 0 aliphatic carbocycles. The topological polar surface area (TPSA) is 87.0 Å². The molecule has 0 fully saturated rings. The average Bonchev–Trinajstić information content (AvgIpc) is 3.16. The molecular formula is C21H20N4O3. The zero-order valence-electron chi connectivity index (χ0n) is 15.7. The Kier molecular flexibility index (Phi) is 6.06. The number of nitrogens with zero attached hydrogens (tertiary/aromatic N) is 4. The van der Waals surface area contributed by atoms with Gasteiger partial charge in [-0.3, -0.25) is 4.79 Å². The first kappa shape index (κ1) is 19.2. The van der Waals surface area contributed by atoms with E-state index in [1.807, 2.05) is 49.4 Å². The number of carbonyl (C=O) groups excluding carboxylic acids is 2. The number of Topliss-reactive ketones (excluding diaryl/α,β-unsaturated/α-hetero) is 1. The molecule has 28 heavy (non-hydrogen) atoms. The molecule has 7 heteroatoms. The van der Waals surface area contributed by atoms with Gasteiger partial charge in [-0.2, -0.15) is 4.68 Å². The third-order valence-corrected chi connectivity index (χ3v) is 4.18. The van der Waals surface area contributed by atoms with E-state index >= 15 is 0 Å². The van der Waals surface area contributed by atoms with E-state index in [2.05, 4.69) is 15.5 Å². The molecular weight excluding hydrogens is 356 g/mol. The van der Waals surface area contributed by atoms with Crippen molar-refractivity contribution in [3.8, 4) is 0 Å². The lowest BCUT2D eigenvalue weighted by Gasteiger charge is -2.09. The van der Waals surface area contributed by atoms with Gasteiger partial charge in [0, 0.05) is 5.56 Å². The number of hydrogen-bond acceptors (Lipinski definition) is 6. The van der Waals surface area contributed by atoms with Crippen molar-refractivity contribution in [3.05, 3.63) is 77.1 Å². The molecule has 2 aromatic carbocycles. The molecule has 142 valence electrons. The van der Waals surface area contributed by atoms with E-state index in [1.165, 1.54) is 4.68 Å². The fourth-order valence-corrected chi connectivity index (χ4v) is 2.58. The fourth-order valence-electron chi connectivity index (χ4n) is 2.58. The lowest BCUT2D eigenvalue weighted by molar-refractivity contribution is -0.136. The predicted molar refractivity (Wildman–Crippen MR) is 104 cm³/mol. The molecule has 1 aromatic heterocycles. The summed E-state index contributed by atoms with van der Waals surface area (Å²) in [4.78, 5) is 25.0. The Morgan fingerprint density at radius 3 is 2.39 bits per heavy atom. The molecule has 0 saturated heterocycles. The van der Waals surface area contributed by atoms with Gasteiger partial charge in [0.1, 0.15) is 0 Å². The summed E-state index contributed by atoms with van der Waals surface area (Å²) in [5.41, 5.74) is 2.54. The zero-order valence-corrected chi connectivity index (χ0v) is 15.7. The van der Waals surface area contributed by atoms with Crippen LogP contribution < -0.4 is 0 Å². The van der Waals surface area contributed by atoms with Crippen LogP contribution in [0.1, 0.15) is 34.2 Å². The van der Waals surface area contributed by atoms with Crippen molar-refractivity contribution in [1.29, 1.82) is 0 Å². The molecule has 0 N–H and O–H groups in total. The Morgan fingerprint density at radius 1 is 1.07 bits per heavy atom. The first-order chi connectivity index (χ1) is 13.6. The molecule has 0 amide bonds. The second-order valence-electron chi connectivity index (χ2n) is 6.13. The van der Waals surface area contributed by atoms with Gasteiger partial charge in [0.15, 0.2) is 23.9 Å². The highest BCUT2D eigenvalue weighted by Gasteiger charge is 2.19. The maximum absolute atomic E-state index is 12.7. The summed E-state index contributed by atoms with van der Waals surface area (Å²) in [5.74, 6) is -0.526. The van der Waals surface area contributed by atoms with Crippen molar-refractivity contribution in [3.63, 3.8) is 0 Å². The molecule has 0 unspecified atom stereocenters. The normalized spacial score (nSPS) is 11.3. The molecule has 0 spiro atoms. The van der Waals surface area contributed by atoms with Gasteiger partial charge in [0.2, 0.25) is 0 Å². The standard InChI is InChI=1S/C21H20N4O3/c1-3-16-9-11-18(12-10-16)20(26)14-28-21(27)19(25-15(2)22-23-24-25)13-17-7-5-4-6-8-17/h4-13H,3,14H2,1-2H3/b19-13-. The monoisotopic (exact) mass is 376 g/mol. The smallest absolute Gasteiger partial charge is 0.357 e. The zero-order chi connectivity index (χ0) is 19.9. The van der Waals surface area contributed by atoms with E-state index in [-0.39, 0.29) is 18.1 Å². The molecule has 3 rings (SSSR count). The Bertz CT molecular complexity index is 992. The maximum atomic E-state index is 12.7. The Morgan fingerprint density at radius 2 is 1.79 bits per heavy atom. The van der Waals surface area contributed by atoms with Gasteiger partial charge in [0.25, 0.3) is 0 Å². The summed E-state index contributed by atoms with van der Waals surface area (Å²) < 4.78 is 6.54. The van der Waals surface area contributed by atoms with E-state index in [4.69, 9.17) is 4.74 Å². The second kappa shape index (κ2) is 8.85. The number of hydrogen-bond donors (Lipinski definition) is 0. The molecule has 0 aliphatic rings. The van der Waals surface area contributed by atoms with Gasteiger partial charge in [0.05, 0.1) is 0 Å². The van der Waals surface area contributed by atoms with Crippen molar-refractivity contribution in [1.82, 2.24) is 20.2 Å². The van der Waals surface area contributed by atoms with Gasteiger partial charge >= 0.3 is 5.97 Å². The molecule has 0 bridgehead atoms. The molecule has 1 heterocycles. The minimum absolute atomic E-state index is 0.128. The van der Waals surface area contributed by atoms with Gasteiger partial charge in [-0.25, -0.2) is 4.79 Å². The number of ketones is 1. The van der Waals surface area contributed by atoms with Crippen LogP contribution in [0.4, 0.5) is 0 Å². The lowest BCUT2D eigenvalue weighted by atomic mass is 10.1. The number of ether oxygens (including phenoxy) is 1. The summed E-state index contributed by atoms with van der Waals surface area (Å²) in [5, 5.41) is 11.2. The number of aryl methyl sites for hydroxylation is 2. The van der Waals surface area contributed by atoms with Gasteiger partial charge in [-0.15, -0.1) is 5.10 Å². The highest BCUT2D eigenvalue weighted by molar-refractivity contribution is 6.16. The van der Waals surface area contributed by atoms with Crippen LogP contribution in [0.25, 0.3) is 11.8 Å². The molecule has 0 saturated carbocycles. The molecule has 0 radical (unpaired) electrons. The average molecular weight is 376 g/mol. The van der Waals surface area contributed by atoms with Crippen LogP contribution in [-0.2, 0) is 16.0 Å². The van der Waals surface area contributed by atoms with Crippen LogP contribution in [0.5, 0.6) is 0 Å². The third kappa shape index (κ3) is 4.56. The summed E-state index contributed by atoms with van der Waals surface area (Å²) >= 11 is 0. The predicted octanol–water partition coefficient (Wildman–Crippen LogP) is 2.97. The minimum Gasteiger partial charge on any atom is -0.453 e. The first-order valence-corrected chi connectivity index (χ1v) is 8.90. The number of benzene rings is 2. The van der Waals surface area contributed by atoms with Crippen LogP contribution >= 0.6 is 0 Å². The summed E-state index contributed by atoms with van der Waals surface area (Å²) in [6, 6.07) is 16.5. The fraction of sp³-hybridized carbons (Fsp3) is 0.190. The quantitative estimate of drug-likeness (QED) is 0.358. The van der Waals surface area contributed by atoms with Crippen LogP contribution in [0.2, 0.25) is 0 Å². The SMILES string of the molecule is CCc1ccc(C(=O)COC(=O)/C(=C/c2ccccc2)n2nnnc2C)cc1. The van der Waals surface area contributed by atoms with E-state index in [1.54, 1.807) is 25.1 Å². The van der Waals surface area contributed by atoms with Crippen molar-refractivity contribution in [2.75, 3.05) is 6.61 Å². The lowest BCUT2D eigenvalue weighted by Crippen LogP contribution is -2.19. The number of tetrazole rings is 1. The highest BCUT2D eigenvalue weighted by Crippen LogP contribution is 2.14. The Hall–Kier alpha value is -3.61. The highest BCUT2D eigenvalue weighted by atomic mass is 16.5. The number of carbonyl (C=O) groups is 2. The van der Waals surface area contributed by atoms with E-state index in [0.717, 1.165) is 17.5 Å². The Labute approximate surface area is 162 Å². The van der Waals surface area contributed by atoms with E-state index in [0.29, 0.717) is 11.4 Å². The molecule has 0 aliphatic heterocycles. The molecule has 7 nitrogen and oxygen atoms in total. The Balaban J connectivity index is 1.77. The first-order valence-electron chi connectivity index (χ1n) is 8.90. The molecule has 3 aromatic rings. The number of esters is 1. The summed E-state index contributed by atoms with van der Waals surface area (Å²) in [6.07, 6.45) is 2.51. The van der Waals surface area contributed by atoms with Crippen molar-refractivity contribution in [2.45, 2.75) is 20.3 Å². The van der Waals surface area contributed by atoms with Crippen molar-refractivity contribution < 1.29 is 14.3 Å². The molecule has 0 atom stereocenters. The van der Waals surface area contributed by atoms with E-state index < -0.39 is 5.97 Å². The summed E-state index contributed by atoms with van der Waals surface area (Å²) in [7, 11) is 0. The van der Waals surface area contributed by atoms with Gasteiger partial charge in [-0.05, 0) is 41.0 Å². The van der Waals surface area contributed by atoms with Crippen LogP contribution in [0, 0.1) is 6.92 Å². The van der Waals surface area contributed by atoms with Crippen LogP contribution in [0.3, 0.4) is 0 Å². The maximum Gasteiger partial charge on any atom is 0.357 e. The summed E-state index contributed by atoms with van der Waals surface area (Å²) in [6.45, 7) is 3.35.